The van der Waals surface area contributed by atoms with Gasteiger partial charge in [-0.3, -0.25) is 4.79 Å². The van der Waals surface area contributed by atoms with Crippen LogP contribution in [0.25, 0.3) is 0 Å². The van der Waals surface area contributed by atoms with Gasteiger partial charge in [-0.2, -0.15) is 5.26 Å². The summed E-state index contributed by atoms with van der Waals surface area (Å²) in [5, 5.41) is 14.4. The van der Waals surface area contributed by atoms with Crippen molar-refractivity contribution in [1.29, 1.82) is 5.26 Å². The minimum Gasteiger partial charge on any atom is -0.383 e. The second-order valence-corrected chi connectivity index (χ2v) is 3.69. The zero-order valence-electron chi connectivity index (χ0n) is 10.5. The Kier molecular flexibility index (Phi) is 5.61. The van der Waals surface area contributed by atoms with E-state index in [0.29, 0.717) is 24.5 Å². The van der Waals surface area contributed by atoms with E-state index < -0.39 is 0 Å². The minimum absolute atomic E-state index is 0.116. The number of hydrogen-bond acceptors (Lipinski definition) is 5. The van der Waals surface area contributed by atoms with Crippen molar-refractivity contribution in [1.82, 2.24) is 10.3 Å². The number of rotatable bonds is 6. The van der Waals surface area contributed by atoms with Crippen molar-refractivity contribution in [3.63, 3.8) is 0 Å². The van der Waals surface area contributed by atoms with Crippen LogP contribution in [0.5, 0.6) is 0 Å². The van der Waals surface area contributed by atoms with Gasteiger partial charge in [0, 0.05) is 19.3 Å². The monoisotopic (exact) mass is 248 g/mol. The molecule has 0 fully saturated rings. The Hall–Kier alpha value is -2.13. The summed E-state index contributed by atoms with van der Waals surface area (Å²) in [6.45, 7) is 2.87. The molecule has 1 rings (SSSR count). The molecule has 0 spiro atoms. The van der Waals surface area contributed by atoms with Crippen molar-refractivity contribution in [3.05, 3.63) is 23.4 Å². The molecule has 2 N–H and O–H groups in total. The van der Waals surface area contributed by atoms with Gasteiger partial charge >= 0.3 is 0 Å². The third-order valence-electron chi connectivity index (χ3n) is 2.14. The molecule has 0 radical (unpaired) electrons. The number of nitriles is 1. The molecule has 18 heavy (non-hydrogen) atoms. The number of anilines is 1. The fourth-order valence-electron chi connectivity index (χ4n) is 1.35. The second kappa shape index (κ2) is 7.25. The van der Waals surface area contributed by atoms with Crippen LogP contribution in [0.2, 0.25) is 0 Å². The lowest BCUT2D eigenvalue weighted by molar-refractivity contribution is -0.119. The number of methoxy groups -OCH3 is 1. The molecule has 1 aromatic heterocycles. The summed E-state index contributed by atoms with van der Waals surface area (Å²) in [7, 11) is 1.57. The molecule has 0 atom stereocenters. The molecule has 0 saturated heterocycles. The van der Waals surface area contributed by atoms with Crippen molar-refractivity contribution in [2.75, 3.05) is 32.1 Å². The van der Waals surface area contributed by atoms with Crippen LogP contribution >= 0.6 is 0 Å². The Morgan fingerprint density at radius 3 is 3.00 bits per heavy atom. The van der Waals surface area contributed by atoms with E-state index in [1.165, 1.54) is 0 Å². The largest absolute Gasteiger partial charge is 0.383 e. The number of aromatic nitrogens is 1. The summed E-state index contributed by atoms with van der Waals surface area (Å²) in [6, 6.07) is 5.33. The van der Waals surface area contributed by atoms with Gasteiger partial charge in [0.2, 0.25) is 5.91 Å². The molecule has 0 bridgehead atoms. The zero-order valence-corrected chi connectivity index (χ0v) is 10.5. The lowest BCUT2D eigenvalue weighted by Gasteiger charge is -2.07. The Bertz CT molecular complexity index is 454. The molecule has 0 unspecified atom stereocenters. The van der Waals surface area contributed by atoms with Crippen molar-refractivity contribution >= 4 is 11.7 Å². The Morgan fingerprint density at radius 2 is 2.33 bits per heavy atom. The first-order valence-corrected chi connectivity index (χ1v) is 5.54. The van der Waals surface area contributed by atoms with Gasteiger partial charge in [-0.25, -0.2) is 4.98 Å². The van der Waals surface area contributed by atoms with Gasteiger partial charge in [-0.15, -0.1) is 0 Å². The molecule has 1 heterocycles. The van der Waals surface area contributed by atoms with Crippen LogP contribution in [0.15, 0.2) is 12.1 Å². The van der Waals surface area contributed by atoms with E-state index in [0.717, 1.165) is 5.69 Å². The fourth-order valence-corrected chi connectivity index (χ4v) is 1.35. The third kappa shape index (κ3) is 4.80. The number of aryl methyl sites for hydroxylation is 1. The molecule has 1 amide bonds. The maximum absolute atomic E-state index is 11.4. The standard InChI is InChI=1S/C12H16N4O2/c1-9-5-10(7-13)6-11(16-9)15-8-12(17)14-3-4-18-2/h5-6H,3-4,8H2,1-2H3,(H,14,17)(H,15,16). The smallest absolute Gasteiger partial charge is 0.239 e. The van der Waals surface area contributed by atoms with Crippen molar-refractivity contribution in [3.8, 4) is 6.07 Å². The van der Waals surface area contributed by atoms with Crippen LogP contribution in [0.4, 0.5) is 5.82 Å². The highest BCUT2D eigenvalue weighted by atomic mass is 16.5. The van der Waals surface area contributed by atoms with Gasteiger partial charge < -0.3 is 15.4 Å². The highest BCUT2D eigenvalue weighted by Crippen LogP contribution is 2.08. The van der Waals surface area contributed by atoms with Crippen LogP contribution in [0, 0.1) is 18.3 Å². The number of pyridine rings is 1. The maximum atomic E-state index is 11.4. The van der Waals surface area contributed by atoms with E-state index in [9.17, 15) is 4.79 Å². The predicted octanol–water partition coefficient (Wildman–Crippen LogP) is 0.436. The van der Waals surface area contributed by atoms with Gasteiger partial charge in [0.25, 0.3) is 0 Å². The van der Waals surface area contributed by atoms with Crippen LogP contribution in [-0.2, 0) is 9.53 Å². The van der Waals surface area contributed by atoms with Crippen molar-refractivity contribution in [2.24, 2.45) is 0 Å². The van der Waals surface area contributed by atoms with Gasteiger partial charge in [0.15, 0.2) is 0 Å². The summed E-state index contributed by atoms with van der Waals surface area (Å²) in [6.07, 6.45) is 0. The van der Waals surface area contributed by atoms with Crippen molar-refractivity contribution < 1.29 is 9.53 Å². The number of carbonyl (C=O) groups is 1. The number of nitrogens with one attached hydrogen (secondary N) is 2. The first kappa shape index (κ1) is 13.9. The van der Waals surface area contributed by atoms with Gasteiger partial charge in [0.05, 0.1) is 24.8 Å². The van der Waals surface area contributed by atoms with E-state index in [2.05, 4.69) is 15.6 Å². The normalized spacial score (nSPS) is 9.61. The van der Waals surface area contributed by atoms with Crippen LogP contribution in [0.3, 0.4) is 0 Å². The van der Waals surface area contributed by atoms with Gasteiger partial charge in [0.1, 0.15) is 5.82 Å². The predicted molar refractivity (Wildman–Crippen MR) is 67.1 cm³/mol. The molecule has 0 aromatic carbocycles. The van der Waals surface area contributed by atoms with Crippen LogP contribution in [0.1, 0.15) is 11.3 Å². The van der Waals surface area contributed by atoms with Gasteiger partial charge in [-0.1, -0.05) is 0 Å². The molecule has 0 aliphatic carbocycles. The second-order valence-electron chi connectivity index (χ2n) is 3.69. The summed E-state index contributed by atoms with van der Waals surface area (Å²) in [5.74, 6) is 0.377. The summed E-state index contributed by atoms with van der Waals surface area (Å²) < 4.78 is 4.82. The number of amides is 1. The first-order valence-electron chi connectivity index (χ1n) is 5.54. The molecule has 0 aliphatic heterocycles. The molecule has 96 valence electrons. The van der Waals surface area contributed by atoms with E-state index in [1.807, 2.05) is 6.07 Å². The molecule has 1 aromatic rings. The summed E-state index contributed by atoms with van der Waals surface area (Å²) >= 11 is 0. The quantitative estimate of drug-likeness (QED) is 0.713. The Morgan fingerprint density at radius 1 is 1.56 bits per heavy atom. The lowest BCUT2D eigenvalue weighted by Crippen LogP contribution is -2.32. The van der Waals surface area contributed by atoms with Crippen LogP contribution < -0.4 is 10.6 Å². The number of carbonyl (C=O) groups excluding carboxylic acids is 1. The van der Waals surface area contributed by atoms with E-state index in [1.54, 1.807) is 26.2 Å². The fraction of sp³-hybridized carbons (Fsp3) is 0.417. The SMILES string of the molecule is COCCNC(=O)CNc1cc(C#N)cc(C)n1. The first-order chi connectivity index (χ1) is 8.65. The zero-order chi connectivity index (χ0) is 13.4. The number of ether oxygens (including phenoxy) is 1. The highest BCUT2D eigenvalue weighted by molar-refractivity contribution is 5.80. The molecule has 0 aliphatic rings. The maximum Gasteiger partial charge on any atom is 0.239 e. The average Bonchev–Trinajstić information content (AvgIpc) is 2.36. The lowest BCUT2D eigenvalue weighted by atomic mass is 10.2. The summed E-state index contributed by atoms with van der Waals surface area (Å²) in [4.78, 5) is 15.6. The van der Waals surface area contributed by atoms with E-state index >= 15 is 0 Å². The van der Waals surface area contributed by atoms with E-state index in [-0.39, 0.29) is 12.5 Å². The average molecular weight is 248 g/mol. The van der Waals surface area contributed by atoms with E-state index in [4.69, 9.17) is 10.00 Å². The number of nitrogens with zero attached hydrogens (tertiary/aromatic N) is 2. The van der Waals surface area contributed by atoms with Gasteiger partial charge in [-0.05, 0) is 19.1 Å². The molecule has 0 saturated carbocycles. The molecular weight excluding hydrogens is 232 g/mol. The topological polar surface area (TPSA) is 87.0 Å². The Balaban J connectivity index is 2.46. The molecule has 6 nitrogen and oxygen atoms in total. The summed E-state index contributed by atoms with van der Waals surface area (Å²) in [5.41, 5.74) is 1.25. The molecular formula is C12H16N4O2. The van der Waals surface area contributed by atoms with Crippen LogP contribution in [-0.4, -0.2) is 37.7 Å². The number of hydrogen-bond donors (Lipinski definition) is 2. The van der Waals surface area contributed by atoms with Crippen molar-refractivity contribution in [2.45, 2.75) is 6.92 Å². The third-order valence-corrected chi connectivity index (χ3v) is 2.14. The highest BCUT2D eigenvalue weighted by Gasteiger charge is 2.03. The molecule has 6 heteroatoms. The minimum atomic E-state index is -0.145. The Labute approximate surface area is 106 Å².